The van der Waals surface area contributed by atoms with E-state index in [1.165, 1.54) is 11.3 Å². The highest BCUT2D eigenvalue weighted by Gasteiger charge is 2.34. The van der Waals surface area contributed by atoms with Crippen molar-refractivity contribution in [3.8, 4) is 10.8 Å². The Balaban J connectivity index is 1.76. The SMILES string of the molecule is Cc1cc(NC2CCC(F)(F)CC2)nc(-c2nc(C)cs2)n1. The van der Waals surface area contributed by atoms with Crippen molar-refractivity contribution in [3.05, 3.63) is 22.8 Å². The molecule has 0 unspecified atom stereocenters. The van der Waals surface area contributed by atoms with Gasteiger partial charge in [-0.15, -0.1) is 11.3 Å². The maximum Gasteiger partial charge on any atom is 0.248 e. The summed E-state index contributed by atoms with van der Waals surface area (Å²) in [5.41, 5.74) is 1.77. The molecule has 3 rings (SSSR count). The first-order chi connectivity index (χ1) is 10.4. The van der Waals surface area contributed by atoms with Crippen LogP contribution in [0.4, 0.5) is 14.6 Å². The number of rotatable bonds is 3. The van der Waals surface area contributed by atoms with Crippen LogP contribution < -0.4 is 5.32 Å². The summed E-state index contributed by atoms with van der Waals surface area (Å²) in [6.45, 7) is 3.82. The van der Waals surface area contributed by atoms with Crippen LogP contribution in [0.15, 0.2) is 11.4 Å². The second-order valence-electron chi connectivity index (χ2n) is 5.79. The van der Waals surface area contributed by atoms with E-state index < -0.39 is 5.92 Å². The quantitative estimate of drug-likeness (QED) is 0.919. The summed E-state index contributed by atoms with van der Waals surface area (Å²) in [5, 5.41) is 6.00. The fourth-order valence-corrected chi connectivity index (χ4v) is 3.32. The van der Waals surface area contributed by atoms with Crippen molar-refractivity contribution in [1.82, 2.24) is 15.0 Å². The molecule has 0 spiro atoms. The Labute approximate surface area is 132 Å². The highest BCUT2D eigenvalue weighted by Crippen LogP contribution is 2.34. The highest BCUT2D eigenvalue weighted by molar-refractivity contribution is 7.13. The van der Waals surface area contributed by atoms with E-state index in [-0.39, 0.29) is 18.9 Å². The first-order valence-electron chi connectivity index (χ1n) is 7.34. The number of aromatic nitrogens is 3. The summed E-state index contributed by atoms with van der Waals surface area (Å²) in [4.78, 5) is 13.3. The molecule has 0 aromatic carbocycles. The lowest BCUT2D eigenvalue weighted by Crippen LogP contribution is -2.32. The summed E-state index contributed by atoms with van der Waals surface area (Å²) in [7, 11) is 0. The fraction of sp³-hybridized carbons (Fsp3) is 0.533. The molecular formula is C15H18F2N4S. The molecule has 2 heterocycles. The van der Waals surface area contributed by atoms with Crippen LogP contribution in [0.1, 0.15) is 37.1 Å². The summed E-state index contributed by atoms with van der Waals surface area (Å²) >= 11 is 1.50. The number of thiazole rings is 1. The Hall–Kier alpha value is -1.63. The van der Waals surface area contributed by atoms with Crippen LogP contribution in [0, 0.1) is 13.8 Å². The topological polar surface area (TPSA) is 50.7 Å². The molecule has 1 N–H and O–H groups in total. The molecule has 4 nitrogen and oxygen atoms in total. The largest absolute Gasteiger partial charge is 0.367 e. The van der Waals surface area contributed by atoms with Gasteiger partial charge in [-0.05, 0) is 26.7 Å². The minimum atomic E-state index is -2.51. The van der Waals surface area contributed by atoms with Crippen molar-refractivity contribution < 1.29 is 8.78 Å². The van der Waals surface area contributed by atoms with Crippen molar-refractivity contribution in [2.45, 2.75) is 51.5 Å². The summed E-state index contributed by atoms with van der Waals surface area (Å²) in [6.07, 6.45) is 0.796. The molecule has 0 atom stereocenters. The van der Waals surface area contributed by atoms with E-state index >= 15 is 0 Å². The van der Waals surface area contributed by atoms with Crippen LogP contribution in [0.5, 0.6) is 0 Å². The second-order valence-corrected chi connectivity index (χ2v) is 6.64. The van der Waals surface area contributed by atoms with E-state index in [1.54, 1.807) is 0 Å². The standard InChI is InChI=1S/C15H18F2N4S/c1-9-7-12(20-11-3-5-15(16,17)6-4-11)21-13(18-9)14-19-10(2)8-22-14/h7-8,11H,3-6H2,1-2H3,(H,18,20,21). The van der Waals surface area contributed by atoms with Crippen LogP contribution in [-0.4, -0.2) is 26.9 Å². The molecule has 0 amide bonds. The molecular weight excluding hydrogens is 306 g/mol. The molecule has 7 heteroatoms. The van der Waals surface area contributed by atoms with Crippen LogP contribution >= 0.6 is 11.3 Å². The van der Waals surface area contributed by atoms with Crippen LogP contribution in [0.25, 0.3) is 10.8 Å². The van der Waals surface area contributed by atoms with Gasteiger partial charge in [-0.2, -0.15) is 0 Å². The Bertz CT molecular complexity index is 661. The van der Waals surface area contributed by atoms with Crippen molar-refractivity contribution in [1.29, 1.82) is 0 Å². The zero-order valence-electron chi connectivity index (χ0n) is 12.6. The van der Waals surface area contributed by atoms with Gasteiger partial charge in [-0.1, -0.05) is 0 Å². The molecule has 0 radical (unpaired) electrons. The van der Waals surface area contributed by atoms with Gasteiger partial charge in [0.2, 0.25) is 5.92 Å². The third kappa shape index (κ3) is 3.58. The number of halogens is 2. The maximum absolute atomic E-state index is 13.2. The number of aryl methyl sites for hydroxylation is 2. The van der Waals surface area contributed by atoms with Crippen molar-refractivity contribution >= 4 is 17.2 Å². The fourth-order valence-electron chi connectivity index (χ4n) is 2.59. The van der Waals surface area contributed by atoms with Crippen LogP contribution in [0.2, 0.25) is 0 Å². The number of nitrogens with zero attached hydrogens (tertiary/aromatic N) is 3. The third-order valence-corrected chi connectivity index (χ3v) is 4.69. The maximum atomic E-state index is 13.2. The van der Waals surface area contributed by atoms with Gasteiger partial charge in [0.15, 0.2) is 10.8 Å². The molecule has 2 aromatic rings. The summed E-state index contributed by atoms with van der Waals surface area (Å²) in [6, 6.07) is 1.89. The predicted octanol–water partition coefficient (Wildman–Crippen LogP) is 4.21. The van der Waals surface area contributed by atoms with Crippen LogP contribution in [0.3, 0.4) is 0 Å². The molecule has 1 aliphatic carbocycles. The second kappa shape index (κ2) is 5.87. The summed E-state index contributed by atoms with van der Waals surface area (Å²) in [5.74, 6) is -1.24. The van der Waals surface area contributed by atoms with Gasteiger partial charge in [0.25, 0.3) is 0 Å². The van der Waals surface area contributed by atoms with Crippen molar-refractivity contribution in [3.63, 3.8) is 0 Å². The first-order valence-corrected chi connectivity index (χ1v) is 8.22. The Kier molecular flexibility index (Phi) is 4.08. The van der Waals surface area contributed by atoms with Crippen molar-refractivity contribution in [2.75, 3.05) is 5.32 Å². The van der Waals surface area contributed by atoms with E-state index in [0.717, 1.165) is 16.4 Å². The Morgan fingerprint density at radius 2 is 1.86 bits per heavy atom. The number of nitrogens with one attached hydrogen (secondary N) is 1. The lowest BCUT2D eigenvalue weighted by atomic mass is 9.92. The van der Waals surface area contributed by atoms with Gasteiger partial charge < -0.3 is 5.32 Å². The molecule has 1 fully saturated rings. The number of hydrogen-bond donors (Lipinski definition) is 1. The Morgan fingerprint density at radius 3 is 2.50 bits per heavy atom. The summed E-state index contributed by atoms with van der Waals surface area (Å²) < 4.78 is 26.4. The third-order valence-electron chi connectivity index (χ3n) is 3.73. The Morgan fingerprint density at radius 1 is 1.14 bits per heavy atom. The molecule has 0 aliphatic heterocycles. The van der Waals surface area contributed by atoms with Gasteiger partial charge in [-0.3, -0.25) is 0 Å². The van der Waals surface area contributed by atoms with Crippen LogP contribution in [-0.2, 0) is 0 Å². The molecule has 1 aliphatic rings. The highest BCUT2D eigenvalue weighted by atomic mass is 32.1. The average Bonchev–Trinajstić information content (AvgIpc) is 2.87. The average molecular weight is 324 g/mol. The minimum absolute atomic E-state index is 0.0415. The monoisotopic (exact) mass is 324 g/mol. The van der Waals surface area contributed by atoms with E-state index in [4.69, 9.17) is 0 Å². The first kappa shape index (κ1) is 15.3. The van der Waals surface area contributed by atoms with E-state index in [9.17, 15) is 8.78 Å². The molecule has 1 saturated carbocycles. The van der Waals surface area contributed by atoms with Gasteiger partial charge >= 0.3 is 0 Å². The van der Waals surface area contributed by atoms with Gasteiger partial charge in [0, 0.05) is 41.7 Å². The molecule has 2 aromatic heterocycles. The zero-order chi connectivity index (χ0) is 15.7. The minimum Gasteiger partial charge on any atom is -0.367 e. The van der Waals surface area contributed by atoms with E-state index in [1.807, 2.05) is 25.3 Å². The smallest absolute Gasteiger partial charge is 0.248 e. The lowest BCUT2D eigenvalue weighted by Gasteiger charge is -2.29. The molecule has 22 heavy (non-hydrogen) atoms. The molecule has 118 valence electrons. The van der Waals surface area contributed by atoms with E-state index in [2.05, 4.69) is 20.3 Å². The van der Waals surface area contributed by atoms with Crippen molar-refractivity contribution in [2.24, 2.45) is 0 Å². The van der Waals surface area contributed by atoms with Gasteiger partial charge in [0.1, 0.15) is 5.82 Å². The zero-order valence-corrected chi connectivity index (χ0v) is 13.4. The number of alkyl halides is 2. The van der Waals surface area contributed by atoms with E-state index in [0.29, 0.717) is 24.5 Å². The molecule has 0 saturated heterocycles. The van der Waals surface area contributed by atoms with Gasteiger partial charge in [0.05, 0.1) is 0 Å². The lowest BCUT2D eigenvalue weighted by molar-refractivity contribution is -0.0361. The number of anilines is 1. The molecule has 0 bridgehead atoms. The number of hydrogen-bond acceptors (Lipinski definition) is 5. The predicted molar refractivity (Wildman–Crippen MR) is 83.4 cm³/mol. The van der Waals surface area contributed by atoms with Gasteiger partial charge in [-0.25, -0.2) is 23.7 Å². The normalized spacial score (nSPS) is 18.4.